The van der Waals surface area contributed by atoms with E-state index in [1.165, 1.54) is 0 Å². The number of nitrogens with two attached hydrogens (primary N) is 1. The first-order chi connectivity index (χ1) is 8.58. The van der Waals surface area contributed by atoms with Crippen molar-refractivity contribution in [3.8, 4) is 0 Å². The molecule has 1 amide bonds. The summed E-state index contributed by atoms with van der Waals surface area (Å²) in [5.41, 5.74) is 6.92. The van der Waals surface area contributed by atoms with E-state index in [0.717, 1.165) is 24.9 Å². The van der Waals surface area contributed by atoms with Crippen LogP contribution < -0.4 is 11.1 Å². The van der Waals surface area contributed by atoms with E-state index in [1.54, 1.807) is 24.3 Å². The van der Waals surface area contributed by atoms with Crippen LogP contribution in [-0.4, -0.2) is 17.4 Å². The molecule has 0 bridgehead atoms. The van der Waals surface area contributed by atoms with Crippen LogP contribution in [0.15, 0.2) is 24.3 Å². The van der Waals surface area contributed by atoms with Gasteiger partial charge < -0.3 is 11.1 Å². The van der Waals surface area contributed by atoms with Crippen molar-refractivity contribution in [1.29, 1.82) is 0 Å². The molecule has 0 heterocycles. The van der Waals surface area contributed by atoms with Crippen molar-refractivity contribution in [2.45, 2.75) is 26.7 Å². The van der Waals surface area contributed by atoms with Crippen LogP contribution in [-0.2, 0) is 0 Å². The predicted octanol–water partition coefficient (Wildman–Crippen LogP) is 2.49. The largest absolute Gasteiger partial charge is 0.389 e. The molecule has 3 N–H and O–H groups in total. The molecule has 0 aliphatic rings. The first-order valence-electron chi connectivity index (χ1n) is 6.26. The van der Waals surface area contributed by atoms with E-state index in [2.05, 4.69) is 19.2 Å². The lowest BCUT2D eigenvalue weighted by molar-refractivity contribution is 0.0946. The monoisotopic (exact) mass is 264 g/mol. The van der Waals surface area contributed by atoms with Gasteiger partial charge in [0.05, 0.1) is 0 Å². The van der Waals surface area contributed by atoms with Crippen LogP contribution in [0, 0.1) is 5.92 Å². The Kier molecular flexibility index (Phi) is 5.78. The lowest BCUT2D eigenvalue weighted by atomic mass is 10.0. The molecule has 1 aromatic rings. The van der Waals surface area contributed by atoms with Crippen molar-refractivity contribution in [3.63, 3.8) is 0 Å². The Balaban J connectivity index is 2.59. The first kappa shape index (κ1) is 14.6. The van der Waals surface area contributed by atoms with Crippen molar-refractivity contribution in [2.24, 2.45) is 11.7 Å². The highest BCUT2D eigenvalue weighted by Crippen LogP contribution is 2.07. The highest BCUT2D eigenvalue weighted by atomic mass is 32.1. The maximum absolute atomic E-state index is 11.9. The van der Waals surface area contributed by atoms with E-state index in [1.807, 2.05) is 0 Å². The van der Waals surface area contributed by atoms with Crippen LogP contribution >= 0.6 is 12.2 Å². The number of nitrogens with one attached hydrogen (secondary N) is 1. The second-order valence-electron chi connectivity index (χ2n) is 4.33. The Labute approximate surface area is 114 Å². The van der Waals surface area contributed by atoms with Gasteiger partial charge in [-0.05, 0) is 18.1 Å². The van der Waals surface area contributed by atoms with Crippen molar-refractivity contribution >= 4 is 23.1 Å². The average molecular weight is 264 g/mol. The Morgan fingerprint density at radius 1 is 1.22 bits per heavy atom. The van der Waals surface area contributed by atoms with E-state index < -0.39 is 0 Å². The van der Waals surface area contributed by atoms with E-state index in [-0.39, 0.29) is 5.91 Å². The molecule has 3 nitrogen and oxygen atoms in total. The Morgan fingerprint density at radius 2 is 1.72 bits per heavy atom. The summed E-state index contributed by atoms with van der Waals surface area (Å²) in [5, 5.41) is 2.95. The fraction of sp³-hybridized carbons (Fsp3) is 0.429. The fourth-order valence-electron chi connectivity index (χ4n) is 1.70. The van der Waals surface area contributed by atoms with Gasteiger partial charge in [0.25, 0.3) is 5.91 Å². The maximum atomic E-state index is 11.9. The number of benzene rings is 1. The van der Waals surface area contributed by atoms with Crippen LogP contribution in [0.2, 0.25) is 0 Å². The lowest BCUT2D eigenvalue weighted by Crippen LogP contribution is -2.28. The number of amides is 1. The summed E-state index contributed by atoms with van der Waals surface area (Å²) in [7, 11) is 0. The fourth-order valence-corrected chi connectivity index (χ4v) is 1.84. The zero-order valence-corrected chi connectivity index (χ0v) is 11.7. The molecule has 0 spiro atoms. The number of carbonyl (C=O) groups excluding carboxylic acids is 1. The van der Waals surface area contributed by atoms with Crippen LogP contribution in [0.4, 0.5) is 0 Å². The zero-order chi connectivity index (χ0) is 13.5. The van der Waals surface area contributed by atoms with Crippen LogP contribution in [0.25, 0.3) is 0 Å². The second kappa shape index (κ2) is 7.11. The van der Waals surface area contributed by atoms with Gasteiger partial charge in [0.2, 0.25) is 0 Å². The molecule has 1 rings (SSSR count). The molecule has 0 fully saturated rings. The summed E-state index contributed by atoms with van der Waals surface area (Å²) in [6.45, 7) is 5.00. The van der Waals surface area contributed by atoms with Gasteiger partial charge in [-0.2, -0.15) is 0 Å². The third kappa shape index (κ3) is 4.11. The van der Waals surface area contributed by atoms with Crippen LogP contribution in [0.5, 0.6) is 0 Å². The number of thiocarbonyl (C=S) groups is 1. The molecule has 0 aliphatic heterocycles. The first-order valence-corrected chi connectivity index (χ1v) is 6.67. The predicted molar refractivity (Wildman–Crippen MR) is 78.7 cm³/mol. The van der Waals surface area contributed by atoms with Gasteiger partial charge >= 0.3 is 0 Å². The molecule has 98 valence electrons. The molecular formula is C14H20N2OS. The van der Waals surface area contributed by atoms with Crippen molar-refractivity contribution < 1.29 is 4.79 Å². The van der Waals surface area contributed by atoms with E-state index in [9.17, 15) is 4.79 Å². The topological polar surface area (TPSA) is 55.1 Å². The average Bonchev–Trinajstić information content (AvgIpc) is 2.39. The normalized spacial score (nSPS) is 10.4. The molecule has 0 unspecified atom stereocenters. The van der Waals surface area contributed by atoms with Gasteiger partial charge in [-0.25, -0.2) is 0 Å². The minimum Gasteiger partial charge on any atom is -0.389 e. The number of carbonyl (C=O) groups is 1. The smallest absolute Gasteiger partial charge is 0.251 e. The maximum Gasteiger partial charge on any atom is 0.251 e. The molecule has 1 aromatic carbocycles. The number of rotatable bonds is 6. The number of hydrogen-bond acceptors (Lipinski definition) is 2. The van der Waals surface area contributed by atoms with Crippen LogP contribution in [0.3, 0.4) is 0 Å². The Hall–Kier alpha value is -1.42. The van der Waals surface area contributed by atoms with Gasteiger partial charge in [0.1, 0.15) is 4.99 Å². The highest BCUT2D eigenvalue weighted by molar-refractivity contribution is 7.80. The molecule has 0 saturated carbocycles. The highest BCUT2D eigenvalue weighted by Gasteiger charge is 2.08. The molecule has 18 heavy (non-hydrogen) atoms. The van der Waals surface area contributed by atoms with Crippen LogP contribution in [0.1, 0.15) is 42.6 Å². The summed E-state index contributed by atoms with van der Waals surface area (Å²) >= 11 is 4.87. The van der Waals surface area contributed by atoms with Gasteiger partial charge in [0, 0.05) is 17.7 Å². The van der Waals surface area contributed by atoms with E-state index in [4.69, 9.17) is 18.0 Å². The van der Waals surface area contributed by atoms with Gasteiger partial charge in [-0.1, -0.05) is 51.0 Å². The Bertz CT molecular complexity index is 410. The van der Waals surface area contributed by atoms with E-state index >= 15 is 0 Å². The minimum absolute atomic E-state index is 0.0450. The standard InChI is InChI=1S/C14H20N2OS/c1-3-10(4-2)9-16-14(17)12-7-5-11(6-8-12)13(15)18/h5-8,10H,3-4,9H2,1-2H3,(H2,15,18)(H,16,17). The minimum atomic E-state index is -0.0450. The summed E-state index contributed by atoms with van der Waals surface area (Å²) in [5.74, 6) is 0.501. The molecule has 0 aromatic heterocycles. The SMILES string of the molecule is CCC(CC)CNC(=O)c1ccc(C(N)=S)cc1. The third-order valence-electron chi connectivity index (χ3n) is 3.14. The lowest BCUT2D eigenvalue weighted by Gasteiger charge is -2.13. The molecule has 0 radical (unpaired) electrons. The molecule has 4 heteroatoms. The number of hydrogen-bond donors (Lipinski definition) is 2. The molecular weight excluding hydrogens is 244 g/mol. The summed E-state index contributed by atoms with van der Waals surface area (Å²) in [6.07, 6.45) is 2.16. The molecule has 0 aliphatic carbocycles. The van der Waals surface area contributed by atoms with Crippen molar-refractivity contribution in [1.82, 2.24) is 5.32 Å². The summed E-state index contributed by atoms with van der Waals surface area (Å²) < 4.78 is 0. The van der Waals surface area contributed by atoms with Crippen molar-refractivity contribution in [3.05, 3.63) is 35.4 Å². The van der Waals surface area contributed by atoms with Gasteiger partial charge in [-0.15, -0.1) is 0 Å². The molecule has 0 saturated heterocycles. The summed E-state index contributed by atoms with van der Waals surface area (Å²) in [4.78, 5) is 12.2. The van der Waals surface area contributed by atoms with Crippen molar-refractivity contribution in [2.75, 3.05) is 6.54 Å². The quantitative estimate of drug-likeness (QED) is 0.776. The second-order valence-corrected chi connectivity index (χ2v) is 4.77. The van der Waals surface area contributed by atoms with E-state index in [0.29, 0.717) is 16.5 Å². The summed E-state index contributed by atoms with van der Waals surface area (Å²) in [6, 6.07) is 7.04. The third-order valence-corrected chi connectivity index (χ3v) is 3.37. The van der Waals surface area contributed by atoms with Gasteiger partial charge in [-0.3, -0.25) is 4.79 Å². The van der Waals surface area contributed by atoms with Gasteiger partial charge in [0.15, 0.2) is 0 Å². The zero-order valence-electron chi connectivity index (χ0n) is 10.9. The molecule has 0 atom stereocenters. The Morgan fingerprint density at radius 3 is 2.17 bits per heavy atom.